The molecule has 1 saturated carbocycles. The van der Waals surface area contributed by atoms with Gasteiger partial charge in [0.1, 0.15) is 12.0 Å². The molecule has 6 heteroatoms. The molecule has 2 heterocycles. The lowest BCUT2D eigenvalue weighted by molar-refractivity contribution is 0.328. The van der Waals surface area contributed by atoms with E-state index in [1.54, 1.807) is 11.3 Å². The van der Waals surface area contributed by atoms with Crippen molar-refractivity contribution < 1.29 is 4.74 Å². The minimum Gasteiger partial charge on any atom is -0.476 e. The van der Waals surface area contributed by atoms with Crippen molar-refractivity contribution in [3.63, 3.8) is 0 Å². The van der Waals surface area contributed by atoms with Crippen LogP contribution in [0.25, 0.3) is 0 Å². The molecule has 20 heavy (non-hydrogen) atoms. The van der Waals surface area contributed by atoms with Crippen molar-refractivity contribution in [1.29, 1.82) is 0 Å². The number of hydrogen-bond donors (Lipinski definition) is 1. The van der Waals surface area contributed by atoms with Crippen molar-refractivity contribution in [1.82, 2.24) is 9.97 Å². The van der Waals surface area contributed by atoms with Gasteiger partial charge in [0.15, 0.2) is 5.82 Å². The predicted octanol–water partition coefficient (Wildman–Crippen LogP) is 2.69. The molecule has 2 aromatic heterocycles. The van der Waals surface area contributed by atoms with Gasteiger partial charge in [0.2, 0.25) is 5.88 Å². The fraction of sp³-hybridized carbons (Fsp3) is 0.429. The Balaban J connectivity index is 1.89. The number of aromatic nitrogens is 2. The molecule has 2 aromatic rings. The molecule has 0 radical (unpaired) electrons. The zero-order valence-electron chi connectivity index (χ0n) is 11.5. The van der Waals surface area contributed by atoms with E-state index in [1.807, 2.05) is 6.92 Å². The third kappa shape index (κ3) is 2.70. The maximum absolute atomic E-state index is 6.18. The van der Waals surface area contributed by atoms with Gasteiger partial charge in [-0.15, -0.1) is 0 Å². The van der Waals surface area contributed by atoms with Crippen LogP contribution in [0.5, 0.6) is 5.88 Å². The fourth-order valence-corrected chi connectivity index (χ4v) is 2.85. The third-order valence-electron chi connectivity index (χ3n) is 3.30. The van der Waals surface area contributed by atoms with E-state index in [2.05, 4.69) is 31.7 Å². The van der Waals surface area contributed by atoms with E-state index in [9.17, 15) is 0 Å². The molecular weight excluding hydrogens is 272 g/mol. The maximum atomic E-state index is 6.18. The van der Waals surface area contributed by atoms with Gasteiger partial charge in [0.25, 0.3) is 0 Å². The Bertz CT molecular complexity index is 569. The highest BCUT2D eigenvalue weighted by atomic mass is 32.1. The molecule has 3 rings (SSSR count). The monoisotopic (exact) mass is 290 g/mol. The molecule has 0 aliphatic heterocycles. The molecule has 0 unspecified atom stereocenters. The summed E-state index contributed by atoms with van der Waals surface area (Å²) >= 11 is 1.71. The zero-order chi connectivity index (χ0) is 13.9. The molecule has 0 spiro atoms. The summed E-state index contributed by atoms with van der Waals surface area (Å²) in [5.41, 5.74) is 8.00. The van der Waals surface area contributed by atoms with Crippen LogP contribution in [0.1, 0.15) is 25.3 Å². The second-order valence-corrected chi connectivity index (χ2v) is 5.62. The van der Waals surface area contributed by atoms with Crippen LogP contribution in [0.15, 0.2) is 23.2 Å². The first-order valence-electron chi connectivity index (χ1n) is 6.80. The molecule has 1 fully saturated rings. The van der Waals surface area contributed by atoms with Crippen molar-refractivity contribution in [2.45, 2.75) is 32.4 Å². The Kier molecular flexibility index (Phi) is 3.73. The maximum Gasteiger partial charge on any atom is 0.242 e. The van der Waals surface area contributed by atoms with E-state index in [4.69, 9.17) is 10.5 Å². The highest BCUT2D eigenvalue weighted by Crippen LogP contribution is 2.37. The summed E-state index contributed by atoms with van der Waals surface area (Å²) in [6.07, 6.45) is 3.91. The highest BCUT2D eigenvalue weighted by molar-refractivity contribution is 7.07. The lowest BCUT2D eigenvalue weighted by Gasteiger charge is -2.24. The average Bonchev–Trinajstić information content (AvgIpc) is 3.16. The molecule has 0 bridgehead atoms. The lowest BCUT2D eigenvalue weighted by Crippen LogP contribution is -2.27. The molecule has 0 aromatic carbocycles. The van der Waals surface area contributed by atoms with Crippen LogP contribution >= 0.6 is 11.3 Å². The Morgan fingerprint density at radius 2 is 2.30 bits per heavy atom. The molecule has 0 saturated heterocycles. The van der Waals surface area contributed by atoms with E-state index in [-0.39, 0.29) is 0 Å². The average molecular weight is 290 g/mol. The zero-order valence-corrected chi connectivity index (χ0v) is 12.3. The standard InChI is InChI=1S/C14H18N4OS/c1-2-19-14-12(15)13(16-9-17-14)18(11-3-4-11)7-10-5-6-20-8-10/h5-6,8-9,11H,2-4,7,15H2,1H3. The van der Waals surface area contributed by atoms with Crippen molar-refractivity contribution >= 4 is 22.8 Å². The first-order chi connectivity index (χ1) is 9.79. The summed E-state index contributed by atoms with van der Waals surface area (Å²) < 4.78 is 5.46. The second kappa shape index (κ2) is 5.66. The van der Waals surface area contributed by atoms with Crippen molar-refractivity contribution in [3.05, 3.63) is 28.7 Å². The number of anilines is 2. The van der Waals surface area contributed by atoms with E-state index >= 15 is 0 Å². The molecule has 2 N–H and O–H groups in total. The van der Waals surface area contributed by atoms with Gasteiger partial charge in [0.05, 0.1) is 6.61 Å². The van der Waals surface area contributed by atoms with E-state index in [0.29, 0.717) is 24.2 Å². The van der Waals surface area contributed by atoms with Crippen molar-refractivity contribution in [2.75, 3.05) is 17.2 Å². The number of ether oxygens (including phenoxy) is 1. The van der Waals surface area contributed by atoms with Gasteiger partial charge >= 0.3 is 0 Å². The number of hydrogen-bond acceptors (Lipinski definition) is 6. The molecule has 1 aliphatic rings. The van der Waals surface area contributed by atoms with Gasteiger partial charge in [-0.2, -0.15) is 16.3 Å². The largest absolute Gasteiger partial charge is 0.476 e. The molecule has 5 nitrogen and oxygen atoms in total. The smallest absolute Gasteiger partial charge is 0.242 e. The van der Waals surface area contributed by atoms with Gasteiger partial charge in [-0.3, -0.25) is 0 Å². The van der Waals surface area contributed by atoms with Crippen molar-refractivity contribution in [2.24, 2.45) is 0 Å². The van der Waals surface area contributed by atoms with Crippen LogP contribution in [-0.4, -0.2) is 22.6 Å². The van der Waals surface area contributed by atoms with Crippen molar-refractivity contribution in [3.8, 4) is 5.88 Å². The minimum absolute atomic E-state index is 0.480. The van der Waals surface area contributed by atoms with Crippen LogP contribution in [0, 0.1) is 0 Å². The van der Waals surface area contributed by atoms with Gasteiger partial charge in [0, 0.05) is 12.6 Å². The summed E-state index contributed by atoms with van der Waals surface area (Å²) in [6, 6.07) is 2.67. The SMILES string of the molecule is CCOc1ncnc(N(Cc2ccsc2)C2CC2)c1N. The minimum atomic E-state index is 0.480. The Morgan fingerprint density at radius 1 is 1.45 bits per heavy atom. The molecular formula is C14H18N4OS. The lowest BCUT2D eigenvalue weighted by atomic mass is 10.3. The van der Waals surface area contributed by atoms with E-state index < -0.39 is 0 Å². The number of rotatable bonds is 6. The highest BCUT2D eigenvalue weighted by Gasteiger charge is 2.32. The normalized spacial score (nSPS) is 14.2. The van der Waals surface area contributed by atoms with Crippen LogP contribution in [-0.2, 0) is 6.54 Å². The molecule has 0 amide bonds. The Labute approximate surface area is 122 Å². The molecule has 106 valence electrons. The molecule has 1 aliphatic carbocycles. The van der Waals surface area contributed by atoms with Crippen LogP contribution < -0.4 is 15.4 Å². The first kappa shape index (κ1) is 13.2. The fourth-order valence-electron chi connectivity index (χ4n) is 2.19. The Morgan fingerprint density at radius 3 is 2.95 bits per heavy atom. The van der Waals surface area contributed by atoms with Gasteiger partial charge in [-0.05, 0) is 42.2 Å². The predicted molar refractivity (Wildman–Crippen MR) is 81.1 cm³/mol. The van der Waals surface area contributed by atoms with Crippen LogP contribution in [0.3, 0.4) is 0 Å². The summed E-state index contributed by atoms with van der Waals surface area (Å²) in [5.74, 6) is 1.27. The number of nitrogen functional groups attached to an aromatic ring is 1. The Hall–Kier alpha value is -1.82. The summed E-state index contributed by atoms with van der Waals surface area (Å²) in [4.78, 5) is 10.7. The topological polar surface area (TPSA) is 64.3 Å². The van der Waals surface area contributed by atoms with Gasteiger partial charge < -0.3 is 15.4 Å². The van der Waals surface area contributed by atoms with E-state index in [0.717, 1.165) is 12.4 Å². The van der Waals surface area contributed by atoms with Gasteiger partial charge in [-0.1, -0.05) is 0 Å². The summed E-state index contributed by atoms with van der Waals surface area (Å²) in [7, 11) is 0. The number of nitrogens with zero attached hydrogens (tertiary/aromatic N) is 3. The molecule has 0 atom stereocenters. The van der Waals surface area contributed by atoms with Crippen LogP contribution in [0.4, 0.5) is 11.5 Å². The summed E-state index contributed by atoms with van der Waals surface area (Å²) in [5, 5.41) is 4.26. The van der Waals surface area contributed by atoms with Gasteiger partial charge in [-0.25, -0.2) is 4.98 Å². The summed E-state index contributed by atoms with van der Waals surface area (Å²) in [6.45, 7) is 3.31. The second-order valence-electron chi connectivity index (χ2n) is 4.84. The number of nitrogens with two attached hydrogens (primary N) is 1. The third-order valence-corrected chi connectivity index (χ3v) is 4.03. The van der Waals surface area contributed by atoms with Crippen LogP contribution in [0.2, 0.25) is 0 Å². The quantitative estimate of drug-likeness (QED) is 0.886. The first-order valence-corrected chi connectivity index (χ1v) is 7.75. The number of thiophene rings is 1. The van der Waals surface area contributed by atoms with E-state index in [1.165, 1.54) is 24.7 Å².